The molecule has 0 radical (unpaired) electrons. The van der Waals surface area contributed by atoms with Gasteiger partial charge in [0.05, 0.1) is 10.6 Å². The van der Waals surface area contributed by atoms with E-state index in [1.54, 1.807) is 48.2 Å². The number of halogens is 1. The van der Waals surface area contributed by atoms with Crippen molar-refractivity contribution in [1.82, 2.24) is 4.90 Å². The number of nitrogens with zero attached hydrogens (tertiary/aromatic N) is 1. The maximum Gasteiger partial charge on any atom is 0.223 e. The second kappa shape index (κ2) is 8.21. The van der Waals surface area contributed by atoms with E-state index in [1.165, 1.54) is 6.07 Å². The van der Waals surface area contributed by atoms with Crippen molar-refractivity contribution in [2.24, 2.45) is 0 Å². The van der Waals surface area contributed by atoms with Crippen molar-refractivity contribution in [2.75, 3.05) is 12.3 Å². The normalized spacial score (nSPS) is 17.3. The van der Waals surface area contributed by atoms with E-state index in [4.69, 9.17) is 0 Å². The number of rotatable bonds is 6. The number of hydrogen-bond acceptors (Lipinski definition) is 3. The van der Waals surface area contributed by atoms with Gasteiger partial charge in [-0.15, -0.1) is 0 Å². The van der Waals surface area contributed by atoms with Crippen molar-refractivity contribution < 1.29 is 17.6 Å². The first-order chi connectivity index (χ1) is 12.9. The van der Waals surface area contributed by atoms with Gasteiger partial charge >= 0.3 is 0 Å². The number of aryl methyl sites for hydroxylation is 2. The number of sulfone groups is 1. The first-order valence-corrected chi connectivity index (χ1v) is 10.8. The lowest BCUT2D eigenvalue weighted by molar-refractivity contribution is -0.131. The van der Waals surface area contributed by atoms with Crippen LogP contribution in [0.25, 0.3) is 0 Å². The van der Waals surface area contributed by atoms with Gasteiger partial charge in [0.15, 0.2) is 9.84 Å². The molecule has 6 heteroatoms. The Kier molecular flexibility index (Phi) is 5.95. The lowest BCUT2D eigenvalue weighted by atomic mass is 10.1. The number of amides is 1. The van der Waals surface area contributed by atoms with Crippen LogP contribution in [-0.2, 0) is 21.1 Å². The Morgan fingerprint density at radius 3 is 2.63 bits per heavy atom. The molecule has 1 amide bonds. The molecular weight excluding hydrogens is 365 g/mol. The highest BCUT2D eigenvalue weighted by Gasteiger charge is 2.32. The van der Waals surface area contributed by atoms with Crippen LogP contribution in [0.15, 0.2) is 53.4 Å². The molecule has 1 aliphatic rings. The van der Waals surface area contributed by atoms with E-state index in [9.17, 15) is 17.6 Å². The van der Waals surface area contributed by atoms with Crippen molar-refractivity contribution in [3.8, 4) is 0 Å². The first-order valence-electron chi connectivity index (χ1n) is 9.19. The van der Waals surface area contributed by atoms with Crippen LogP contribution in [-0.4, -0.2) is 37.6 Å². The van der Waals surface area contributed by atoms with Gasteiger partial charge < -0.3 is 4.90 Å². The molecular formula is C21H24FNO3S. The number of carbonyl (C=O) groups excluding carboxylic acids is 1. The van der Waals surface area contributed by atoms with Crippen molar-refractivity contribution in [2.45, 2.75) is 43.5 Å². The molecule has 0 saturated carbocycles. The molecule has 27 heavy (non-hydrogen) atoms. The van der Waals surface area contributed by atoms with Crippen LogP contribution in [0.4, 0.5) is 4.39 Å². The van der Waals surface area contributed by atoms with E-state index >= 15 is 0 Å². The van der Waals surface area contributed by atoms with Crippen molar-refractivity contribution in [3.63, 3.8) is 0 Å². The van der Waals surface area contributed by atoms with Crippen molar-refractivity contribution in [1.29, 1.82) is 0 Å². The van der Waals surface area contributed by atoms with Crippen molar-refractivity contribution >= 4 is 15.7 Å². The van der Waals surface area contributed by atoms with Gasteiger partial charge in [-0.05, 0) is 55.5 Å². The fourth-order valence-electron chi connectivity index (χ4n) is 3.50. The van der Waals surface area contributed by atoms with Gasteiger partial charge in [0.2, 0.25) is 5.91 Å². The van der Waals surface area contributed by atoms with E-state index in [1.807, 2.05) is 6.07 Å². The van der Waals surface area contributed by atoms with Crippen LogP contribution in [0.5, 0.6) is 0 Å². The monoisotopic (exact) mass is 389 g/mol. The Morgan fingerprint density at radius 1 is 1.19 bits per heavy atom. The fraction of sp³-hybridized carbons (Fsp3) is 0.381. The molecule has 0 spiro atoms. The molecule has 2 aromatic rings. The number of likely N-dealkylation sites (tertiary alicyclic amines) is 1. The van der Waals surface area contributed by atoms with Gasteiger partial charge in [-0.1, -0.05) is 30.3 Å². The SMILES string of the molecule is Cc1ccc(CCC(=O)N2CCCC2CS(=O)(=O)c2ccccc2)cc1F. The highest BCUT2D eigenvalue weighted by molar-refractivity contribution is 7.91. The summed E-state index contributed by atoms with van der Waals surface area (Å²) >= 11 is 0. The van der Waals surface area contributed by atoms with E-state index in [2.05, 4.69) is 0 Å². The van der Waals surface area contributed by atoms with E-state index in [0.29, 0.717) is 29.8 Å². The summed E-state index contributed by atoms with van der Waals surface area (Å²) in [5.74, 6) is -0.392. The first kappa shape index (κ1) is 19.5. The third-order valence-corrected chi connectivity index (χ3v) is 6.89. The van der Waals surface area contributed by atoms with E-state index < -0.39 is 9.84 Å². The quantitative estimate of drug-likeness (QED) is 0.759. The summed E-state index contributed by atoms with van der Waals surface area (Å²) < 4.78 is 38.9. The maximum atomic E-state index is 13.7. The lowest BCUT2D eigenvalue weighted by Gasteiger charge is -2.24. The molecule has 0 aromatic heterocycles. The van der Waals surface area contributed by atoms with E-state index in [0.717, 1.165) is 12.0 Å². The van der Waals surface area contributed by atoms with E-state index in [-0.39, 0.29) is 29.9 Å². The minimum absolute atomic E-state index is 0.0537. The second-order valence-electron chi connectivity index (χ2n) is 7.06. The lowest BCUT2D eigenvalue weighted by Crippen LogP contribution is -2.39. The minimum Gasteiger partial charge on any atom is -0.339 e. The Morgan fingerprint density at radius 2 is 1.93 bits per heavy atom. The molecule has 1 heterocycles. The average molecular weight is 389 g/mol. The summed E-state index contributed by atoms with van der Waals surface area (Å²) in [6.07, 6.45) is 2.20. The van der Waals surface area contributed by atoms with Crippen LogP contribution in [0.2, 0.25) is 0 Å². The van der Waals surface area contributed by atoms with Gasteiger partial charge in [0.1, 0.15) is 5.82 Å². The Balaban J connectivity index is 1.63. The van der Waals surface area contributed by atoms with Gasteiger partial charge in [0.25, 0.3) is 0 Å². The maximum absolute atomic E-state index is 13.7. The molecule has 1 fully saturated rings. The Hall–Kier alpha value is -2.21. The average Bonchev–Trinajstić information content (AvgIpc) is 3.10. The molecule has 1 saturated heterocycles. The summed E-state index contributed by atoms with van der Waals surface area (Å²) in [4.78, 5) is 14.6. The van der Waals surface area contributed by atoms with Crippen molar-refractivity contribution in [3.05, 3.63) is 65.5 Å². The summed E-state index contributed by atoms with van der Waals surface area (Å²) in [7, 11) is -3.43. The summed E-state index contributed by atoms with van der Waals surface area (Å²) in [6, 6.07) is 13.0. The number of carbonyl (C=O) groups is 1. The zero-order valence-corrected chi connectivity index (χ0v) is 16.2. The van der Waals surface area contributed by atoms with Crippen LogP contribution < -0.4 is 0 Å². The second-order valence-corrected chi connectivity index (χ2v) is 9.10. The third kappa shape index (κ3) is 4.75. The third-order valence-electron chi connectivity index (χ3n) is 5.08. The number of hydrogen-bond donors (Lipinski definition) is 0. The zero-order chi connectivity index (χ0) is 19.4. The molecule has 2 aromatic carbocycles. The van der Waals surface area contributed by atoms with Crippen LogP contribution in [0.1, 0.15) is 30.4 Å². The molecule has 0 bridgehead atoms. The minimum atomic E-state index is -3.43. The Labute approximate surface area is 159 Å². The molecule has 0 aliphatic carbocycles. The zero-order valence-electron chi connectivity index (χ0n) is 15.4. The molecule has 1 unspecified atom stereocenters. The molecule has 144 valence electrons. The van der Waals surface area contributed by atoms with Gasteiger partial charge in [-0.2, -0.15) is 0 Å². The number of benzene rings is 2. The molecule has 3 rings (SSSR count). The highest BCUT2D eigenvalue weighted by Crippen LogP contribution is 2.23. The highest BCUT2D eigenvalue weighted by atomic mass is 32.2. The largest absolute Gasteiger partial charge is 0.339 e. The van der Waals surface area contributed by atoms with Gasteiger partial charge in [0, 0.05) is 19.0 Å². The Bertz CT molecular complexity index is 912. The molecule has 0 N–H and O–H groups in total. The predicted octanol–water partition coefficient (Wildman–Crippen LogP) is 3.53. The predicted molar refractivity (Wildman–Crippen MR) is 103 cm³/mol. The fourth-order valence-corrected chi connectivity index (χ4v) is 5.12. The molecule has 1 atom stereocenters. The smallest absolute Gasteiger partial charge is 0.223 e. The topological polar surface area (TPSA) is 54.5 Å². The van der Waals surface area contributed by atoms with Gasteiger partial charge in [-0.25, -0.2) is 12.8 Å². The molecule has 1 aliphatic heterocycles. The summed E-state index contributed by atoms with van der Waals surface area (Å²) in [6.45, 7) is 2.28. The molecule has 4 nitrogen and oxygen atoms in total. The van der Waals surface area contributed by atoms with Crippen LogP contribution in [0.3, 0.4) is 0 Å². The summed E-state index contributed by atoms with van der Waals surface area (Å²) in [5.41, 5.74) is 1.36. The van der Waals surface area contributed by atoms with Crippen LogP contribution >= 0.6 is 0 Å². The van der Waals surface area contributed by atoms with Crippen LogP contribution in [0, 0.1) is 12.7 Å². The van der Waals surface area contributed by atoms with Gasteiger partial charge in [-0.3, -0.25) is 4.79 Å². The standard InChI is InChI=1S/C21H24FNO3S/c1-16-9-10-17(14-20(16)22)11-12-21(24)23-13-5-6-18(23)15-27(25,26)19-7-3-2-4-8-19/h2-4,7-10,14,18H,5-6,11-13,15H2,1H3. The summed E-state index contributed by atoms with van der Waals surface area (Å²) in [5, 5.41) is 0.